The highest BCUT2D eigenvalue weighted by Crippen LogP contribution is 2.28. The van der Waals surface area contributed by atoms with Crippen LogP contribution >= 0.6 is 0 Å². The third-order valence-electron chi connectivity index (χ3n) is 3.95. The highest BCUT2D eigenvalue weighted by molar-refractivity contribution is 5.83. The Bertz CT molecular complexity index is 338. The Morgan fingerprint density at radius 1 is 1.20 bits per heavy atom. The van der Waals surface area contributed by atoms with Gasteiger partial charge in [0.2, 0.25) is 0 Å². The van der Waals surface area contributed by atoms with E-state index >= 15 is 0 Å². The smallest absolute Gasteiger partial charge is 0.407 e. The molecule has 0 spiro atoms. The van der Waals surface area contributed by atoms with Crippen LogP contribution in [0.5, 0.6) is 0 Å². The van der Waals surface area contributed by atoms with Crippen LogP contribution in [-0.2, 0) is 9.53 Å². The Kier molecular flexibility index (Phi) is 6.03. The van der Waals surface area contributed by atoms with Crippen molar-refractivity contribution in [3.63, 3.8) is 0 Å². The molecular weight excluding hydrogens is 254 g/mol. The Morgan fingerprint density at radius 2 is 1.75 bits per heavy atom. The minimum Gasteiger partial charge on any atom is -0.444 e. The molecule has 0 aliphatic heterocycles. The zero-order valence-electron chi connectivity index (χ0n) is 13.5. The van der Waals surface area contributed by atoms with Crippen molar-refractivity contribution in [2.75, 3.05) is 0 Å². The summed E-state index contributed by atoms with van der Waals surface area (Å²) >= 11 is 0. The van der Waals surface area contributed by atoms with Gasteiger partial charge in [-0.15, -0.1) is 0 Å². The van der Waals surface area contributed by atoms with Crippen LogP contribution in [-0.4, -0.2) is 23.5 Å². The number of ketones is 1. The van der Waals surface area contributed by atoms with E-state index in [1.165, 1.54) is 0 Å². The van der Waals surface area contributed by atoms with Gasteiger partial charge in [0.1, 0.15) is 11.4 Å². The van der Waals surface area contributed by atoms with Gasteiger partial charge in [-0.2, -0.15) is 0 Å². The molecule has 1 rings (SSSR count). The first-order valence-corrected chi connectivity index (χ1v) is 7.76. The Morgan fingerprint density at radius 3 is 2.20 bits per heavy atom. The summed E-state index contributed by atoms with van der Waals surface area (Å²) in [6.07, 6.45) is 4.05. The van der Waals surface area contributed by atoms with Gasteiger partial charge in [-0.25, -0.2) is 4.79 Å². The van der Waals surface area contributed by atoms with E-state index in [1.54, 1.807) is 0 Å². The van der Waals surface area contributed by atoms with Crippen molar-refractivity contribution < 1.29 is 14.3 Å². The lowest BCUT2D eigenvalue weighted by molar-refractivity contribution is -0.127. The maximum absolute atomic E-state index is 12.1. The van der Waals surface area contributed by atoms with Crippen LogP contribution in [0.3, 0.4) is 0 Å². The van der Waals surface area contributed by atoms with Gasteiger partial charge in [0, 0.05) is 17.9 Å². The zero-order chi connectivity index (χ0) is 15.3. The molecule has 0 bridgehead atoms. The Hall–Kier alpha value is -1.06. The normalized spacial score (nSPS) is 24.9. The largest absolute Gasteiger partial charge is 0.444 e. The number of carbonyl (C=O) groups excluding carboxylic acids is 2. The van der Waals surface area contributed by atoms with Crippen LogP contribution in [0.15, 0.2) is 0 Å². The number of Topliss-reactive ketones (excluding diaryl/α,β-unsaturated/α-hetero) is 1. The van der Waals surface area contributed by atoms with Crippen molar-refractivity contribution >= 4 is 11.9 Å². The topological polar surface area (TPSA) is 55.4 Å². The van der Waals surface area contributed by atoms with Crippen molar-refractivity contribution in [3.05, 3.63) is 0 Å². The van der Waals surface area contributed by atoms with E-state index in [-0.39, 0.29) is 24.0 Å². The molecule has 1 fully saturated rings. The fourth-order valence-electron chi connectivity index (χ4n) is 2.60. The van der Waals surface area contributed by atoms with Gasteiger partial charge in [0.15, 0.2) is 0 Å². The summed E-state index contributed by atoms with van der Waals surface area (Å²) in [4.78, 5) is 23.8. The van der Waals surface area contributed by atoms with Gasteiger partial charge in [0.05, 0.1) is 0 Å². The molecule has 1 atom stereocenters. The third kappa shape index (κ3) is 5.51. The molecule has 1 aliphatic rings. The van der Waals surface area contributed by atoms with Crippen LogP contribution in [0, 0.1) is 11.8 Å². The van der Waals surface area contributed by atoms with Gasteiger partial charge in [-0.3, -0.25) is 4.79 Å². The number of amides is 1. The fraction of sp³-hybridized carbons (Fsp3) is 0.875. The summed E-state index contributed by atoms with van der Waals surface area (Å²) in [6.45, 7) is 9.63. The summed E-state index contributed by atoms with van der Waals surface area (Å²) in [5.74, 6) is 0.736. The average Bonchev–Trinajstić information content (AvgIpc) is 2.35. The van der Waals surface area contributed by atoms with Crippen molar-refractivity contribution in [1.82, 2.24) is 5.32 Å². The predicted molar refractivity (Wildman–Crippen MR) is 79.6 cm³/mol. The first kappa shape index (κ1) is 17.0. The highest BCUT2D eigenvalue weighted by Gasteiger charge is 2.29. The van der Waals surface area contributed by atoms with Crippen LogP contribution in [0.2, 0.25) is 0 Å². The van der Waals surface area contributed by atoms with Crippen LogP contribution in [0.25, 0.3) is 0 Å². The maximum atomic E-state index is 12.1. The number of hydrogen-bond donors (Lipinski definition) is 1. The highest BCUT2D eigenvalue weighted by atomic mass is 16.6. The van der Waals surface area contributed by atoms with Crippen molar-refractivity contribution in [3.8, 4) is 0 Å². The minimum absolute atomic E-state index is 0.144. The van der Waals surface area contributed by atoms with Gasteiger partial charge in [0.25, 0.3) is 0 Å². The second-order valence-corrected chi connectivity index (χ2v) is 6.91. The Labute approximate surface area is 122 Å². The van der Waals surface area contributed by atoms with Crippen LogP contribution in [0.4, 0.5) is 4.79 Å². The van der Waals surface area contributed by atoms with Gasteiger partial charge in [-0.1, -0.05) is 13.8 Å². The molecule has 1 amide bonds. The van der Waals surface area contributed by atoms with Crippen molar-refractivity contribution in [2.24, 2.45) is 11.8 Å². The molecule has 1 aliphatic carbocycles. The molecule has 0 saturated heterocycles. The molecule has 4 nitrogen and oxygen atoms in total. The van der Waals surface area contributed by atoms with E-state index in [9.17, 15) is 9.59 Å². The van der Waals surface area contributed by atoms with Crippen molar-refractivity contribution in [2.45, 2.75) is 78.4 Å². The summed E-state index contributed by atoms with van der Waals surface area (Å²) in [6, 6.07) is 0.144. The third-order valence-corrected chi connectivity index (χ3v) is 3.95. The molecule has 0 aromatic heterocycles. The minimum atomic E-state index is -0.464. The lowest BCUT2D eigenvalue weighted by atomic mass is 9.79. The van der Waals surface area contributed by atoms with Crippen molar-refractivity contribution in [1.29, 1.82) is 0 Å². The molecular formula is C16H29NO3. The van der Waals surface area contributed by atoms with E-state index in [4.69, 9.17) is 4.74 Å². The number of alkyl carbamates (subject to hydrolysis) is 1. The number of hydrogen-bond acceptors (Lipinski definition) is 3. The molecule has 1 saturated carbocycles. The number of rotatable bonds is 4. The SMILES string of the molecule is CCC(C)C(=O)[C@H]1CC[C@@H](NC(=O)OC(C)(C)C)CC1. The number of carbonyl (C=O) groups is 2. The first-order valence-electron chi connectivity index (χ1n) is 7.76. The molecule has 20 heavy (non-hydrogen) atoms. The number of nitrogens with one attached hydrogen (secondary N) is 1. The summed E-state index contributed by atoms with van der Waals surface area (Å²) in [7, 11) is 0. The maximum Gasteiger partial charge on any atom is 0.407 e. The summed E-state index contributed by atoms with van der Waals surface area (Å²) in [5, 5.41) is 2.91. The number of ether oxygens (including phenoxy) is 1. The Balaban J connectivity index is 2.36. The molecule has 0 heterocycles. The van der Waals surface area contributed by atoms with E-state index in [1.807, 2.05) is 27.7 Å². The molecule has 1 N–H and O–H groups in total. The second-order valence-electron chi connectivity index (χ2n) is 6.91. The molecule has 0 radical (unpaired) electrons. The van der Waals surface area contributed by atoms with Gasteiger partial charge in [-0.05, 0) is 52.9 Å². The first-order chi connectivity index (χ1) is 9.23. The van der Waals surface area contributed by atoms with E-state index < -0.39 is 5.60 Å². The van der Waals surface area contributed by atoms with Gasteiger partial charge < -0.3 is 10.1 Å². The molecule has 0 aromatic carbocycles. The van der Waals surface area contributed by atoms with Gasteiger partial charge >= 0.3 is 6.09 Å². The standard InChI is InChI=1S/C16H29NO3/c1-6-11(2)14(18)12-7-9-13(10-8-12)17-15(19)20-16(3,4)5/h11-13H,6-10H2,1-5H3,(H,17,19)/t11?,12-,13+. The van der Waals surface area contributed by atoms with Crippen LogP contribution in [0.1, 0.15) is 66.7 Å². The lowest BCUT2D eigenvalue weighted by Crippen LogP contribution is -2.41. The second kappa shape index (κ2) is 7.09. The average molecular weight is 283 g/mol. The van der Waals surface area contributed by atoms with E-state index in [0.29, 0.717) is 5.78 Å². The monoisotopic (exact) mass is 283 g/mol. The molecule has 0 aromatic rings. The molecule has 116 valence electrons. The summed E-state index contributed by atoms with van der Waals surface area (Å²) in [5.41, 5.74) is -0.464. The van der Waals surface area contributed by atoms with E-state index in [2.05, 4.69) is 12.2 Å². The lowest BCUT2D eigenvalue weighted by Gasteiger charge is -2.30. The van der Waals surface area contributed by atoms with Crippen LogP contribution < -0.4 is 5.32 Å². The zero-order valence-corrected chi connectivity index (χ0v) is 13.5. The molecule has 1 unspecified atom stereocenters. The van der Waals surface area contributed by atoms with E-state index in [0.717, 1.165) is 32.1 Å². The quantitative estimate of drug-likeness (QED) is 0.856. The molecule has 4 heteroatoms. The summed E-state index contributed by atoms with van der Waals surface area (Å²) < 4.78 is 5.25. The predicted octanol–water partition coefficient (Wildman–Crippen LogP) is 3.69. The fourth-order valence-corrected chi connectivity index (χ4v) is 2.60.